The van der Waals surface area contributed by atoms with E-state index in [0.29, 0.717) is 31.1 Å². The van der Waals surface area contributed by atoms with E-state index in [2.05, 4.69) is 5.32 Å². The smallest absolute Gasteiger partial charge is 0.306 e. The molecule has 1 amide bonds. The number of amides is 1. The fourth-order valence-corrected chi connectivity index (χ4v) is 2.62. The topological polar surface area (TPSA) is 79.5 Å². The molecule has 0 atom stereocenters. The zero-order chi connectivity index (χ0) is 15.2. The summed E-state index contributed by atoms with van der Waals surface area (Å²) in [4.78, 5) is 22.6. The summed E-state index contributed by atoms with van der Waals surface area (Å²) in [5.74, 6) is 0.788. The van der Waals surface area contributed by atoms with Crippen LogP contribution in [0.3, 0.4) is 0 Å². The molecule has 5 nitrogen and oxygen atoms in total. The van der Waals surface area contributed by atoms with Crippen LogP contribution in [0.25, 0.3) is 6.08 Å². The predicted molar refractivity (Wildman–Crippen MR) is 78.6 cm³/mol. The van der Waals surface area contributed by atoms with Crippen LogP contribution in [0, 0.1) is 18.8 Å². The van der Waals surface area contributed by atoms with Crippen LogP contribution in [-0.2, 0) is 9.59 Å². The van der Waals surface area contributed by atoms with Crippen molar-refractivity contribution in [3.8, 4) is 0 Å². The standard InChI is InChI=1S/C16H21NO4/c1-11-2-7-14(21-11)8-9-15(18)17-10-12-3-5-13(6-4-12)16(19)20/h2,7-9,12-13H,3-6,10H2,1H3,(H,17,18)(H,19,20). The van der Waals surface area contributed by atoms with Crippen molar-refractivity contribution >= 4 is 18.0 Å². The molecule has 1 aromatic heterocycles. The third kappa shape index (κ3) is 4.77. The Kier molecular flexibility index (Phi) is 5.20. The quantitative estimate of drug-likeness (QED) is 0.817. The Hall–Kier alpha value is -2.04. The zero-order valence-electron chi connectivity index (χ0n) is 12.2. The third-order valence-corrected chi connectivity index (χ3v) is 3.92. The molecule has 1 aromatic rings. The van der Waals surface area contributed by atoms with Crippen molar-refractivity contribution in [2.75, 3.05) is 6.54 Å². The highest BCUT2D eigenvalue weighted by Crippen LogP contribution is 2.28. The van der Waals surface area contributed by atoms with Crippen molar-refractivity contribution in [2.45, 2.75) is 32.6 Å². The van der Waals surface area contributed by atoms with Crippen molar-refractivity contribution in [1.29, 1.82) is 0 Å². The molecular formula is C16H21NO4. The molecule has 0 radical (unpaired) electrons. The van der Waals surface area contributed by atoms with Gasteiger partial charge in [0.2, 0.25) is 5.91 Å². The molecule has 0 spiro atoms. The van der Waals surface area contributed by atoms with Gasteiger partial charge in [0.15, 0.2) is 0 Å². The van der Waals surface area contributed by atoms with Crippen LogP contribution in [0.5, 0.6) is 0 Å². The lowest BCUT2D eigenvalue weighted by Gasteiger charge is -2.25. The Bertz CT molecular complexity index is 524. The molecule has 114 valence electrons. The fourth-order valence-electron chi connectivity index (χ4n) is 2.62. The summed E-state index contributed by atoms with van der Waals surface area (Å²) in [7, 11) is 0. The van der Waals surface area contributed by atoms with Crippen molar-refractivity contribution in [3.05, 3.63) is 29.7 Å². The van der Waals surface area contributed by atoms with Crippen LogP contribution in [0.1, 0.15) is 37.2 Å². The molecule has 0 bridgehead atoms. The van der Waals surface area contributed by atoms with Gasteiger partial charge in [-0.05, 0) is 56.7 Å². The van der Waals surface area contributed by atoms with Gasteiger partial charge in [-0.1, -0.05) is 0 Å². The largest absolute Gasteiger partial charge is 0.481 e. The first-order chi connectivity index (χ1) is 10.0. The summed E-state index contributed by atoms with van der Waals surface area (Å²) < 4.78 is 5.34. The van der Waals surface area contributed by atoms with E-state index >= 15 is 0 Å². The van der Waals surface area contributed by atoms with Gasteiger partial charge in [0, 0.05) is 12.6 Å². The van der Waals surface area contributed by atoms with E-state index in [9.17, 15) is 9.59 Å². The average molecular weight is 291 g/mol. The van der Waals surface area contributed by atoms with Crippen molar-refractivity contribution in [2.24, 2.45) is 11.8 Å². The first-order valence-electron chi connectivity index (χ1n) is 7.29. The van der Waals surface area contributed by atoms with Gasteiger partial charge in [0.05, 0.1) is 5.92 Å². The van der Waals surface area contributed by atoms with E-state index in [4.69, 9.17) is 9.52 Å². The van der Waals surface area contributed by atoms with Crippen LogP contribution in [0.4, 0.5) is 0 Å². The average Bonchev–Trinajstić information content (AvgIpc) is 2.89. The maximum atomic E-state index is 11.7. The molecule has 1 aliphatic rings. The normalized spacial score (nSPS) is 22.3. The highest BCUT2D eigenvalue weighted by Gasteiger charge is 2.25. The van der Waals surface area contributed by atoms with Crippen molar-refractivity contribution in [1.82, 2.24) is 5.32 Å². The number of rotatable bonds is 5. The lowest BCUT2D eigenvalue weighted by Crippen LogP contribution is -2.31. The molecule has 5 heteroatoms. The number of carbonyl (C=O) groups is 2. The van der Waals surface area contributed by atoms with Gasteiger partial charge in [0.25, 0.3) is 0 Å². The van der Waals surface area contributed by atoms with E-state index in [1.807, 2.05) is 19.1 Å². The van der Waals surface area contributed by atoms with Gasteiger partial charge in [-0.15, -0.1) is 0 Å². The predicted octanol–water partition coefficient (Wildman–Crippen LogP) is 2.61. The molecule has 1 fully saturated rings. The fraction of sp³-hybridized carbons (Fsp3) is 0.500. The van der Waals surface area contributed by atoms with E-state index in [0.717, 1.165) is 18.6 Å². The molecule has 0 saturated heterocycles. The van der Waals surface area contributed by atoms with Crippen LogP contribution >= 0.6 is 0 Å². The second-order valence-electron chi connectivity index (χ2n) is 5.58. The molecule has 1 aliphatic carbocycles. The Balaban J connectivity index is 1.70. The van der Waals surface area contributed by atoms with Crippen LogP contribution in [0.15, 0.2) is 22.6 Å². The first-order valence-corrected chi connectivity index (χ1v) is 7.29. The molecule has 2 rings (SSSR count). The highest BCUT2D eigenvalue weighted by molar-refractivity contribution is 5.91. The van der Waals surface area contributed by atoms with Gasteiger partial charge in [-0.2, -0.15) is 0 Å². The first kappa shape index (κ1) is 15.4. The number of aryl methyl sites for hydroxylation is 1. The number of hydrogen-bond donors (Lipinski definition) is 2. The minimum Gasteiger partial charge on any atom is -0.481 e. The maximum absolute atomic E-state index is 11.7. The monoisotopic (exact) mass is 291 g/mol. The van der Waals surface area contributed by atoms with Crippen LogP contribution in [0.2, 0.25) is 0 Å². The van der Waals surface area contributed by atoms with Gasteiger partial charge in [0.1, 0.15) is 11.5 Å². The minimum absolute atomic E-state index is 0.149. The summed E-state index contributed by atoms with van der Waals surface area (Å²) >= 11 is 0. The Morgan fingerprint density at radius 1 is 1.33 bits per heavy atom. The highest BCUT2D eigenvalue weighted by atomic mass is 16.4. The van der Waals surface area contributed by atoms with Crippen LogP contribution < -0.4 is 5.32 Å². The van der Waals surface area contributed by atoms with Crippen molar-refractivity contribution < 1.29 is 19.1 Å². The van der Waals surface area contributed by atoms with Gasteiger partial charge in [-0.25, -0.2) is 0 Å². The maximum Gasteiger partial charge on any atom is 0.306 e. The number of furan rings is 1. The lowest BCUT2D eigenvalue weighted by molar-refractivity contribution is -0.143. The van der Waals surface area contributed by atoms with Gasteiger partial charge < -0.3 is 14.8 Å². The summed E-state index contributed by atoms with van der Waals surface area (Å²) in [6, 6.07) is 3.66. The van der Waals surface area contributed by atoms with Gasteiger partial charge >= 0.3 is 5.97 Å². The van der Waals surface area contributed by atoms with Crippen molar-refractivity contribution in [3.63, 3.8) is 0 Å². The molecule has 0 unspecified atom stereocenters. The molecule has 0 aliphatic heterocycles. The number of carboxylic acids is 1. The Morgan fingerprint density at radius 2 is 2.05 bits per heavy atom. The minimum atomic E-state index is -0.700. The number of carboxylic acid groups (broad SMARTS) is 1. The molecular weight excluding hydrogens is 270 g/mol. The zero-order valence-corrected chi connectivity index (χ0v) is 12.2. The summed E-state index contributed by atoms with van der Waals surface area (Å²) in [5.41, 5.74) is 0. The number of nitrogens with one attached hydrogen (secondary N) is 1. The molecule has 21 heavy (non-hydrogen) atoms. The summed E-state index contributed by atoms with van der Waals surface area (Å²) in [6.45, 7) is 2.46. The van der Waals surface area contributed by atoms with E-state index in [1.54, 1.807) is 6.08 Å². The second kappa shape index (κ2) is 7.11. The number of hydrogen-bond acceptors (Lipinski definition) is 3. The molecule has 1 saturated carbocycles. The van der Waals surface area contributed by atoms with E-state index in [1.165, 1.54) is 6.08 Å². The lowest BCUT2D eigenvalue weighted by atomic mass is 9.82. The number of carbonyl (C=O) groups excluding carboxylic acids is 1. The van der Waals surface area contributed by atoms with Crippen LogP contribution in [-0.4, -0.2) is 23.5 Å². The number of aliphatic carboxylic acids is 1. The second-order valence-corrected chi connectivity index (χ2v) is 5.58. The summed E-state index contributed by atoms with van der Waals surface area (Å²) in [6.07, 6.45) is 6.23. The van der Waals surface area contributed by atoms with E-state index in [-0.39, 0.29) is 11.8 Å². The van der Waals surface area contributed by atoms with Gasteiger partial charge in [-0.3, -0.25) is 9.59 Å². The SMILES string of the molecule is Cc1ccc(C=CC(=O)NCC2CCC(C(=O)O)CC2)o1. The molecule has 1 heterocycles. The summed E-state index contributed by atoms with van der Waals surface area (Å²) in [5, 5.41) is 11.8. The third-order valence-electron chi connectivity index (χ3n) is 3.92. The Morgan fingerprint density at radius 3 is 2.62 bits per heavy atom. The Labute approximate surface area is 124 Å². The van der Waals surface area contributed by atoms with E-state index < -0.39 is 5.97 Å². The molecule has 2 N–H and O–H groups in total. The molecule has 0 aromatic carbocycles.